The number of carbonyl (C=O) groups is 1. The Balaban J connectivity index is 1.53. The highest BCUT2D eigenvalue weighted by atomic mass is 16.5. The van der Waals surface area contributed by atoms with E-state index in [2.05, 4.69) is 17.0 Å². The SMILES string of the molecule is COc1ccc(C(=O)N(C)C[C@@H]2CCCN(CCc3ccccc3OC)C2)cc1C. The normalized spacial score (nSPS) is 16.9. The van der Waals surface area contributed by atoms with Gasteiger partial charge in [0, 0.05) is 32.2 Å². The molecule has 1 heterocycles. The second-order valence-corrected chi connectivity index (χ2v) is 8.24. The van der Waals surface area contributed by atoms with Gasteiger partial charge in [-0.1, -0.05) is 18.2 Å². The van der Waals surface area contributed by atoms with Gasteiger partial charge in [0.05, 0.1) is 14.2 Å². The van der Waals surface area contributed by atoms with E-state index in [0.29, 0.717) is 5.92 Å². The molecular weight excluding hydrogens is 376 g/mol. The van der Waals surface area contributed by atoms with Gasteiger partial charge in [-0.3, -0.25) is 4.79 Å². The van der Waals surface area contributed by atoms with Crippen LogP contribution >= 0.6 is 0 Å². The second kappa shape index (κ2) is 10.5. The van der Waals surface area contributed by atoms with Crippen molar-refractivity contribution in [3.05, 3.63) is 59.2 Å². The quantitative estimate of drug-likeness (QED) is 0.659. The minimum Gasteiger partial charge on any atom is -0.496 e. The molecular formula is C25H34N2O3. The molecule has 2 aromatic carbocycles. The molecule has 1 atom stereocenters. The highest BCUT2D eigenvalue weighted by Crippen LogP contribution is 2.23. The first-order chi connectivity index (χ1) is 14.5. The molecule has 1 saturated heterocycles. The number of aryl methyl sites for hydroxylation is 1. The fourth-order valence-electron chi connectivity index (χ4n) is 4.39. The summed E-state index contributed by atoms with van der Waals surface area (Å²) in [6.07, 6.45) is 3.33. The number of likely N-dealkylation sites (tertiary alicyclic amines) is 1. The second-order valence-electron chi connectivity index (χ2n) is 8.24. The number of amides is 1. The summed E-state index contributed by atoms with van der Waals surface area (Å²) in [5, 5.41) is 0. The molecule has 0 radical (unpaired) electrons. The summed E-state index contributed by atoms with van der Waals surface area (Å²) in [5.74, 6) is 2.36. The van der Waals surface area contributed by atoms with E-state index >= 15 is 0 Å². The van der Waals surface area contributed by atoms with E-state index in [-0.39, 0.29) is 5.91 Å². The van der Waals surface area contributed by atoms with Gasteiger partial charge in [-0.05, 0) is 74.0 Å². The van der Waals surface area contributed by atoms with Gasteiger partial charge in [-0.25, -0.2) is 0 Å². The van der Waals surface area contributed by atoms with Crippen LogP contribution in [0.25, 0.3) is 0 Å². The predicted molar refractivity (Wildman–Crippen MR) is 121 cm³/mol. The summed E-state index contributed by atoms with van der Waals surface area (Å²) in [7, 11) is 5.29. The molecule has 0 aliphatic carbocycles. The lowest BCUT2D eigenvalue weighted by molar-refractivity contribution is 0.0730. The Bertz CT molecular complexity index is 852. The standard InChI is InChI=1S/C25H34N2O3/c1-19-16-22(11-12-23(19)29-3)25(28)26(2)17-20-8-7-14-27(18-20)15-13-21-9-5-6-10-24(21)30-4/h5-6,9-12,16,20H,7-8,13-15,17-18H2,1-4H3/t20-/m0/s1. The number of rotatable bonds is 8. The number of piperidine rings is 1. The number of para-hydroxylation sites is 1. The van der Waals surface area contributed by atoms with Crippen molar-refractivity contribution in [2.24, 2.45) is 5.92 Å². The molecule has 1 amide bonds. The molecule has 0 saturated carbocycles. The van der Waals surface area contributed by atoms with E-state index in [9.17, 15) is 4.79 Å². The summed E-state index contributed by atoms with van der Waals surface area (Å²) in [6, 6.07) is 13.9. The first-order valence-corrected chi connectivity index (χ1v) is 10.8. The number of nitrogens with zero attached hydrogens (tertiary/aromatic N) is 2. The van der Waals surface area contributed by atoms with Gasteiger partial charge in [0.15, 0.2) is 0 Å². The third-order valence-corrected chi connectivity index (χ3v) is 6.01. The van der Waals surface area contributed by atoms with Gasteiger partial charge in [0.1, 0.15) is 11.5 Å². The van der Waals surface area contributed by atoms with Crippen molar-refractivity contribution in [2.45, 2.75) is 26.2 Å². The molecule has 5 nitrogen and oxygen atoms in total. The highest BCUT2D eigenvalue weighted by molar-refractivity contribution is 5.94. The van der Waals surface area contributed by atoms with Crippen LogP contribution in [0.4, 0.5) is 0 Å². The van der Waals surface area contributed by atoms with Crippen molar-refractivity contribution < 1.29 is 14.3 Å². The number of carbonyl (C=O) groups excluding carboxylic acids is 1. The van der Waals surface area contributed by atoms with Crippen molar-refractivity contribution in [3.8, 4) is 11.5 Å². The molecule has 1 aliphatic heterocycles. The Kier molecular flexibility index (Phi) is 7.75. The van der Waals surface area contributed by atoms with E-state index in [1.54, 1.807) is 14.2 Å². The molecule has 162 valence electrons. The predicted octanol–water partition coefficient (Wildman–Crippen LogP) is 4.04. The van der Waals surface area contributed by atoms with Crippen molar-refractivity contribution in [2.75, 3.05) is 47.4 Å². The molecule has 2 aromatic rings. The maximum atomic E-state index is 12.9. The van der Waals surface area contributed by atoms with Crippen LogP contribution in [0.3, 0.4) is 0 Å². The van der Waals surface area contributed by atoms with Crippen LogP contribution in [0.5, 0.6) is 11.5 Å². The molecule has 1 aliphatic rings. The van der Waals surface area contributed by atoms with Crippen LogP contribution in [0.15, 0.2) is 42.5 Å². The lowest BCUT2D eigenvalue weighted by Crippen LogP contribution is -2.42. The van der Waals surface area contributed by atoms with Crippen molar-refractivity contribution in [3.63, 3.8) is 0 Å². The van der Waals surface area contributed by atoms with Crippen LogP contribution in [0, 0.1) is 12.8 Å². The van der Waals surface area contributed by atoms with Crippen LogP contribution in [-0.4, -0.2) is 63.2 Å². The van der Waals surface area contributed by atoms with E-state index in [0.717, 1.165) is 55.2 Å². The molecule has 0 spiro atoms. The summed E-state index contributed by atoms with van der Waals surface area (Å²) >= 11 is 0. The molecule has 0 N–H and O–H groups in total. The van der Waals surface area contributed by atoms with Gasteiger partial charge in [0.25, 0.3) is 5.91 Å². The van der Waals surface area contributed by atoms with Crippen molar-refractivity contribution >= 4 is 5.91 Å². The largest absolute Gasteiger partial charge is 0.496 e. The number of ether oxygens (including phenoxy) is 2. The van der Waals surface area contributed by atoms with Crippen LogP contribution < -0.4 is 9.47 Å². The first kappa shape index (κ1) is 22.2. The fourth-order valence-corrected chi connectivity index (χ4v) is 4.39. The fraction of sp³-hybridized carbons (Fsp3) is 0.480. The first-order valence-electron chi connectivity index (χ1n) is 10.8. The molecule has 0 unspecified atom stereocenters. The molecule has 0 aromatic heterocycles. The van der Waals surface area contributed by atoms with Crippen LogP contribution in [-0.2, 0) is 6.42 Å². The zero-order valence-electron chi connectivity index (χ0n) is 18.7. The Morgan fingerprint density at radius 2 is 1.90 bits per heavy atom. The van der Waals surface area contributed by atoms with E-state index in [1.165, 1.54) is 18.4 Å². The Labute approximate surface area is 180 Å². The Morgan fingerprint density at radius 3 is 2.63 bits per heavy atom. The maximum Gasteiger partial charge on any atom is 0.253 e. The minimum absolute atomic E-state index is 0.0758. The molecule has 30 heavy (non-hydrogen) atoms. The molecule has 0 bridgehead atoms. The molecule has 5 heteroatoms. The lowest BCUT2D eigenvalue weighted by Gasteiger charge is -2.35. The smallest absolute Gasteiger partial charge is 0.253 e. The van der Waals surface area contributed by atoms with Gasteiger partial charge >= 0.3 is 0 Å². The minimum atomic E-state index is 0.0758. The summed E-state index contributed by atoms with van der Waals surface area (Å²) in [5.41, 5.74) is 2.96. The third-order valence-electron chi connectivity index (χ3n) is 6.01. The summed E-state index contributed by atoms with van der Waals surface area (Å²) in [6.45, 7) is 5.94. The third kappa shape index (κ3) is 5.54. The Morgan fingerprint density at radius 1 is 1.13 bits per heavy atom. The van der Waals surface area contributed by atoms with Crippen molar-refractivity contribution in [1.29, 1.82) is 0 Å². The topological polar surface area (TPSA) is 42.0 Å². The van der Waals surface area contributed by atoms with Crippen LogP contribution in [0.2, 0.25) is 0 Å². The lowest BCUT2D eigenvalue weighted by atomic mass is 9.96. The number of methoxy groups -OCH3 is 2. The number of hydrogen-bond donors (Lipinski definition) is 0. The van der Waals surface area contributed by atoms with Crippen LogP contribution in [0.1, 0.15) is 34.3 Å². The zero-order valence-corrected chi connectivity index (χ0v) is 18.7. The maximum absolute atomic E-state index is 12.9. The summed E-state index contributed by atoms with van der Waals surface area (Å²) < 4.78 is 10.8. The number of benzene rings is 2. The molecule has 3 rings (SSSR count). The van der Waals surface area contributed by atoms with Gasteiger partial charge in [-0.15, -0.1) is 0 Å². The summed E-state index contributed by atoms with van der Waals surface area (Å²) in [4.78, 5) is 17.3. The Hall–Kier alpha value is -2.53. The zero-order chi connectivity index (χ0) is 21.5. The molecule has 1 fully saturated rings. The van der Waals surface area contributed by atoms with E-state index < -0.39 is 0 Å². The van der Waals surface area contributed by atoms with Gasteiger partial charge < -0.3 is 19.3 Å². The monoisotopic (exact) mass is 410 g/mol. The average molecular weight is 411 g/mol. The highest BCUT2D eigenvalue weighted by Gasteiger charge is 2.23. The van der Waals surface area contributed by atoms with E-state index in [1.807, 2.05) is 49.2 Å². The average Bonchev–Trinajstić information content (AvgIpc) is 2.77. The van der Waals surface area contributed by atoms with Gasteiger partial charge in [0.2, 0.25) is 0 Å². The van der Waals surface area contributed by atoms with Crippen molar-refractivity contribution in [1.82, 2.24) is 9.80 Å². The van der Waals surface area contributed by atoms with E-state index in [4.69, 9.17) is 9.47 Å². The van der Waals surface area contributed by atoms with Gasteiger partial charge in [-0.2, -0.15) is 0 Å². The number of hydrogen-bond acceptors (Lipinski definition) is 4.